The standard InChI is InChI=1S/C20H26FNO4/c1-13-6-4-5-7-17(13)22-20(24)14(2)26-19(23)11-9-15-8-10-18(25-3)16(21)12-15/h8-14,17H,4-7H2,1-3H3,(H,22,24)/b11-9+/t13-,14+,17-/m0/s1. The van der Waals surface area contributed by atoms with Crippen LogP contribution in [-0.4, -0.2) is 31.1 Å². The molecule has 1 aliphatic rings. The summed E-state index contributed by atoms with van der Waals surface area (Å²) in [6, 6.07) is 4.48. The highest BCUT2D eigenvalue weighted by atomic mass is 19.1. The number of hydrogen-bond donors (Lipinski definition) is 1. The molecule has 1 fully saturated rings. The van der Waals surface area contributed by atoms with Crippen LogP contribution in [-0.2, 0) is 14.3 Å². The topological polar surface area (TPSA) is 64.6 Å². The third-order valence-electron chi connectivity index (χ3n) is 4.69. The Labute approximate surface area is 153 Å². The van der Waals surface area contributed by atoms with E-state index in [0.717, 1.165) is 19.3 Å². The highest BCUT2D eigenvalue weighted by Crippen LogP contribution is 2.23. The number of halogens is 1. The molecule has 1 amide bonds. The van der Waals surface area contributed by atoms with E-state index >= 15 is 0 Å². The third kappa shape index (κ3) is 5.58. The molecule has 1 aliphatic carbocycles. The van der Waals surface area contributed by atoms with Gasteiger partial charge in [0, 0.05) is 12.1 Å². The number of carbonyl (C=O) groups is 2. The molecule has 5 nitrogen and oxygen atoms in total. The van der Waals surface area contributed by atoms with E-state index in [9.17, 15) is 14.0 Å². The highest BCUT2D eigenvalue weighted by molar-refractivity contribution is 5.90. The van der Waals surface area contributed by atoms with Crippen molar-refractivity contribution in [1.82, 2.24) is 5.32 Å². The number of hydrogen-bond acceptors (Lipinski definition) is 4. The first kappa shape index (κ1) is 19.9. The molecule has 0 aromatic heterocycles. The Balaban J connectivity index is 1.85. The predicted octanol–water partition coefficient (Wildman–Crippen LogP) is 3.47. The average molecular weight is 363 g/mol. The van der Waals surface area contributed by atoms with Gasteiger partial charge >= 0.3 is 5.97 Å². The zero-order valence-electron chi connectivity index (χ0n) is 15.5. The molecular formula is C20H26FNO4. The number of rotatable bonds is 6. The fraction of sp³-hybridized carbons (Fsp3) is 0.500. The van der Waals surface area contributed by atoms with Gasteiger partial charge in [0.15, 0.2) is 17.7 Å². The molecule has 0 bridgehead atoms. The van der Waals surface area contributed by atoms with Crippen molar-refractivity contribution < 1.29 is 23.5 Å². The van der Waals surface area contributed by atoms with Gasteiger partial charge in [0.05, 0.1) is 7.11 Å². The van der Waals surface area contributed by atoms with E-state index in [0.29, 0.717) is 11.5 Å². The van der Waals surface area contributed by atoms with Crippen molar-refractivity contribution in [3.63, 3.8) is 0 Å². The van der Waals surface area contributed by atoms with Crippen LogP contribution in [0.25, 0.3) is 6.08 Å². The highest BCUT2D eigenvalue weighted by Gasteiger charge is 2.25. The molecule has 1 saturated carbocycles. The average Bonchev–Trinajstić information content (AvgIpc) is 2.62. The maximum atomic E-state index is 13.6. The third-order valence-corrected chi connectivity index (χ3v) is 4.69. The quantitative estimate of drug-likeness (QED) is 0.621. The van der Waals surface area contributed by atoms with E-state index < -0.39 is 17.9 Å². The Bertz CT molecular complexity index is 674. The second-order valence-corrected chi connectivity index (χ2v) is 6.68. The van der Waals surface area contributed by atoms with E-state index in [2.05, 4.69) is 12.2 Å². The molecule has 3 atom stereocenters. The molecular weight excluding hydrogens is 337 g/mol. The molecule has 1 aromatic rings. The zero-order chi connectivity index (χ0) is 19.1. The molecule has 2 rings (SSSR count). The van der Waals surface area contributed by atoms with Crippen LogP contribution >= 0.6 is 0 Å². The van der Waals surface area contributed by atoms with Crippen molar-refractivity contribution in [3.8, 4) is 5.75 Å². The lowest BCUT2D eigenvalue weighted by molar-refractivity contribution is -0.150. The SMILES string of the molecule is COc1ccc(/C=C/C(=O)O[C@H](C)C(=O)N[C@H]2CCCC[C@@H]2C)cc1F. The first-order chi connectivity index (χ1) is 12.4. The number of benzene rings is 1. The summed E-state index contributed by atoms with van der Waals surface area (Å²) in [6.45, 7) is 3.67. The van der Waals surface area contributed by atoms with Crippen LogP contribution in [0.3, 0.4) is 0 Å². The van der Waals surface area contributed by atoms with Gasteiger partial charge < -0.3 is 14.8 Å². The second kappa shape index (κ2) is 9.36. The second-order valence-electron chi connectivity index (χ2n) is 6.68. The number of carbonyl (C=O) groups excluding carboxylic acids is 2. The lowest BCUT2D eigenvalue weighted by atomic mass is 9.86. The number of amides is 1. The monoisotopic (exact) mass is 363 g/mol. The van der Waals surface area contributed by atoms with Crippen molar-refractivity contribution in [2.24, 2.45) is 5.92 Å². The van der Waals surface area contributed by atoms with E-state index in [-0.39, 0.29) is 17.7 Å². The molecule has 26 heavy (non-hydrogen) atoms. The minimum atomic E-state index is -0.881. The summed E-state index contributed by atoms with van der Waals surface area (Å²) in [6.07, 6.45) is 6.07. The van der Waals surface area contributed by atoms with Crippen LogP contribution in [0.4, 0.5) is 4.39 Å². The van der Waals surface area contributed by atoms with Crippen LogP contribution in [0.5, 0.6) is 5.75 Å². The van der Waals surface area contributed by atoms with Crippen molar-refractivity contribution in [2.45, 2.75) is 51.7 Å². The predicted molar refractivity (Wildman–Crippen MR) is 97.1 cm³/mol. The molecule has 142 valence electrons. The smallest absolute Gasteiger partial charge is 0.331 e. The Morgan fingerprint density at radius 3 is 2.69 bits per heavy atom. The van der Waals surface area contributed by atoms with E-state index in [1.54, 1.807) is 13.0 Å². The molecule has 0 aliphatic heterocycles. The summed E-state index contributed by atoms with van der Waals surface area (Å²) in [7, 11) is 1.38. The van der Waals surface area contributed by atoms with Gasteiger partial charge in [0.1, 0.15) is 0 Å². The fourth-order valence-corrected chi connectivity index (χ4v) is 3.05. The van der Waals surface area contributed by atoms with Gasteiger partial charge in [-0.3, -0.25) is 4.79 Å². The molecule has 6 heteroatoms. The van der Waals surface area contributed by atoms with E-state index in [4.69, 9.17) is 9.47 Å². The van der Waals surface area contributed by atoms with E-state index in [1.807, 2.05) is 0 Å². The Hall–Kier alpha value is -2.37. The molecule has 0 radical (unpaired) electrons. The molecule has 0 heterocycles. The minimum Gasteiger partial charge on any atom is -0.494 e. The van der Waals surface area contributed by atoms with Gasteiger partial charge in [-0.1, -0.05) is 25.8 Å². The number of ether oxygens (including phenoxy) is 2. The first-order valence-electron chi connectivity index (χ1n) is 8.93. The van der Waals surface area contributed by atoms with Crippen molar-refractivity contribution in [1.29, 1.82) is 0 Å². The summed E-state index contributed by atoms with van der Waals surface area (Å²) in [4.78, 5) is 24.1. The van der Waals surface area contributed by atoms with Gasteiger partial charge in [0.25, 0.3) is 5.91 Å². The maximum Gasteiger partial charge on any atom is 0.331 e. The van der Waals surface area contributed by atoms with Crippen LogP contribution in [0, 0.1) is 11.7 Å². The number of methoxy groups -OCH3 is 1. The first-order valence-corrected chi connectivity index (χ1v) is 8.93. The van der Waals surface area contributed by atoms with E-state index in [1.165, 1.54) is 37.8 Å². The van der Waals surface area contributed by atoms with Gasteiger partial charge in [-0.15, -0.1) is 0 Å². The van der Waals surface area contributed by atoms with Gasteiger partial charge in [-0.25, -0.2) is 9.18 Å². The summed E-state index contributed by atoms with van der Waals surface area (Å²) >= 11 is 0. The molecule has 1 N–H and O–H groups in total. The van der Waals surface area contributed by atoms with Crippen molar-refractivity contribution in [3.05, 3.63) is 35.7 Å². The molecule has 0 saturated heterocycles. The fourth-order valence-electron chi connectivity index (χ4n) is 3.05. The van der Waals surface area contributed by atoms with Gasteiger partial charge in [0.2, 0.25) is 0 Å². The summed E-state index contributed by atoms with van der Waals surface area (Å²) in [5.41, 5.74) is 0.494. The van der Waals surface area contributed by atoms with Crippen molar-refractivity contribution >= 4 is 18.0 Å². The lowest BCUT2D eigenvalue weighted by Crippen LogP contribution is -2.45. The summed E-state index contributed by atoms with van der Waals surface area (Å²) in [5.74, 6) is -0.897. The van der Waals surface area contributed by atoms with Crippen LogP contribution in [0.2, 0.25) is 0 Å². The van der Waals surface area contributed by atoms with Gasteiger partial charge in [-0.05, 0) is 49.5 Å². The van der Waals surface area contributed by atoms with Gasteiger partial charge in [-0.2, -0.15) is 0 Å². The Morgan fingerprint density at radius 1 is 1.31 bits per heavy atom. The molecule has 0 spiro atoms. The minimum absolute atomic E-state index is 0.131. The number of esters is 1. The number of nitrogens with one attached hydrogen (secondary N) is 1. The maximum absolute atomic E-state index is 13.6. The lowest BCUT2D eigenvalue weighted by Gasteiger charge is -2.30. The van der Waals surface area contributed by atoms with Crippen LogP contribution < -0.4 is 10.1 Å². The Kier molecular flexibility index (Phi) is 7.18. The summed E-state index contributed by atoms with van der Waals surface area (Å²) in [5, 5.41) is 2.96. The zero-order valence-corrected chi connectivity index (χ0v) is 15.5. The summed E-state index contributed by atoms with van der Waals surface area (Å²) < 4.78 is 23.6. The Morgan fingerprint density at radius 2 is 2.04 bits per heavy atom. The van der Waals surface area contributed by atoms with Crippen LogP contribution in [0.1, 0.15) is 45.1 Å². The molecule has 1 aromatic carbocycles. The largest absolute Gasteiger partial charge is 0.494 e. The van der Waals surface area contributed by atoms with Crippen molar-refractivity contribution in [2.75, 3.05) is 7.11 Å². The normalized spacial score (nSPS) is 21.2. The molecule has 0 unspecified atom stereocenters. The van der Waals surface area contributed by atoms with Crippen LogP contribution in [0.15, 0.2) is 24.3 Å².